The SMILES string of the molecule is Cc1nn(-c2cccc(Cl)c2)nc1C(=O)NCCCN1CCC[C@@H](C)C1. The van der Waals surface area contributed by atoms with Crippen molar-refractivity contribution in [1.82, 2.24) is 25.2 Å². The minimum Gasteiger partial charge on any atom is -0.351 e. The van der Waals surface area contributed by atoms with Crippen LogP contribution >= 0.6 is 11.6 Å². The predicted octanol–water partition coefficient (Wildman–Crippen LogP) is 3.08. The number of nitrogens with one attached hydrogen (secondary N) is 1. The lowest BCUT2D eigenvalue weighted by atomic mass is 10.0. The summed E-state index contributed by atoms with van der Waals surface area (Å²) in [6.07, 6.45) is 3.55. The highest BCUT2D eigenvalue weighted by atomic mass is 35.5. The van der Waals surface area contributed by atoms with E-state index in [1.165, 1.54) is 30.7 Å². The van der Waals surface area contributed by atoms with Crippen molar-refractivity contribution in [2.45, 2.75) is 33.1 Å². The highest BCUT2D eigenvalue weighted by molar-refractivity contribution is 6.30. The van der Waals surface area contributed by atoms with Crippen LogP contribution in [0.5, 0.6) is 0 Å². The summed E-state index contributed by atoms with van der Waals surface area (Å²) in [6.45, 7) is 8.11. The Bertz CT molecular complexity index is 760. The number of piperidine rings is 1. The van der Waals surface area contributed by atoms with Crippen LogP contribution in [0.3, 0.4) is 0 Å². The van der Waals surface area contributed by atoms with Crippen molar-refractivity contribution in [2.75, 3.05) is 26.2 Å². The topological polar surface area (TPSA) is 63.1 Å². The molecule has 26 heavy (non-hydrogen) atoms. The maximum atomic E-state index is 12.4. The molecule has 3 rings (SSSR count). The van der Waals surface area contributed by atoms with Gasteiger partial charge in [-0.05, 0) is 63.4 Å². The van der Waals surface area contributed by atoms with Gasteiger partial charge in [-0.2, -0.15) is 9.90 Å². The molecule has 0 saturated carbocycles. The molecule has 6 nitrogen and oxygen atoms in total. The van der Waals surface area contributed by atoms with E-state index in [4.69, 9.17) is 11.6 Å². The number of aromatic nitrogens is 3. The number of rotatable bonds is 6. The quantitative estimate of drug-likeness (QED) is 0.788. The first-order valence-electron chi connectivity index (χ1n) is 9.23. The molecule has 0 spiro atoms. The minimum atomic E-state index is -0.178. The highest BCUT2D eigenvalue weighted by Crippen LogP contribution is 2.16. The summed E-state index contributed by atoms with van der Waals surface area (Å²) in [5.41, 5.74) is 1.70. The molecule has 0 bridgehead atoms. The van der Waals surface area contributed by atoms with Crippen molar-refractivity contribution < 1.29 is 4.79 Å². The molecule has 1 N–H and O–H groups in total. The van der Waals surface area contributed by atoms with Gasteiger partial charge in [0.25, 0.3) is 5.91 Å². The standard InChI is InChI=1S/C19H26ClN5O/c1-14-6-4-10-24(13-14)11-5-9-21-19(26)18-15(2)22-25(23-18)17-8-3-7-16(20)12-17/h3,7-8,12,14H,4-6,9-11,13H2,1-2H3,(H,21,26)/t14-/m1/s1. The van der Waals surface area contributed by atoms with Crippen molar-refractivity contribution >= 4 is 17.5 Å². The van der Waals surface area contributed by atoms with Crippen molar-refractivity contribution in [2.24, 2.45) is 5.92 Å². The van der Waals surface area contributed by atoms with Gasteiger partial charge in [-0.1, -0.05) is 24.6 Å². The molecule has 0 radical (unpaired) electrons. The Labute approximate surface area is 159 Å². The number of benzene rings is 1. The molecule has 1 aliphatic rings. The highest BCUT2D eigenvalue weighted by Gasteiger charge is 2.17. The zero-order chi connectivity index (χ0) is 18.5. The van der Waals surface area contributed by atoms with E-state index in [1.807, 2.05) is 12.1 Å². The summed E-state index contributed by atoms with van der Waals surface area (Å²) < 4.78 is 0. The van der Waals surface area contributed by atoms with Crippen LogP contribution in [0.1, 0.15) is 42.4 Å². The molecule has 1 amide bonds. The Balaban J connectivity index is 1.52. The third kappa shape index (κ3) is 4.83. The van der Waals surface area contributed by atoms with E-state index in [0.29, 0.717) is 23.0 Å². The first kappa shape index (κ1) is 18.9. The van der Waals surface area contributed by atoms with Gasteiger partial charge in [0.1, 0.15) is 0 Å². The average Bonchev–Trinajstić information content (AvgIpc) is 3.01. The molecule has 1 fully saturated rings. The lowest BCUT2D eigenvalue weighted by Gasteiger charge is -2.30. The van der Waals surface area contributed by atoms with Gasteiger partial charge in [-0.3, -0.25) is 4.79 Å². The predicted molar refractivity (Wildman–Crippen MR) is 103 cm³/mol. The molecule has 1 aromatic carbocycles. The molecule has 1 aliphatic heterocycles. The van der Waals surface area contributed by atoms with Crippen LogP contribution in [-0.4, -0.2) is 52.0 Å². The van der Waals surface area contributed by atoms with Crippen LogP contribution in [0.15, 0.2) is 24.3 Å². The van der Waals surface area contributed by atoms with Gasteiger partial charge in [0.2, 0.25) is 0 Å². The smallest absolute Gasteiger partial charge is 0.273 e. The van der Waals surface area contributed by atoms with Gasteiger partial charge in [0.15, 0.2) is 5.69 Å². The normalized spacial score (nSPS) is 18.0. The first-order chi connectivity index (χ1) is 12.5. The second kappa shape index (κ2) is 8.64. The van der Waals surface area contributed by atoms with Crippen molar-refractivity contribution in [1.29, 1.82) is 0 Å². The summed E-state index contributed by atoms with van der Waals surface area (Å²) in [6, 6.07) is 7.24. The molecule has 2 aromatic rings. The number of aryl methyl sites for hydroxylation is 1. The molecule has 1 aromatic heterocycles. The average molecular weight is 376 g/mol. The molecule has 7 heteroatoms. The van der Waals surface area contributed by atoms with Gasteiger partial charge in [0.05, 0.1) is 11.4 Å². The van der Waals surface area contributed by atoms with Gasteiger partial charge in [0, 0.05) is 18.1 Å². The molecular formula is C19H26ClN5O. The maximum absolute atomic E-state index is 12.4. The van der Waals surface area contributed by atoms with E-state index in [1.54, 1.807) is 19.1 Å². The molecule has 1 saturated heterocycles. The van der Waals surface area contributed by atoms with Gasteiger partial charge >= 0.3 is 0 Å². The Morgan fingerprint density at radius 1 is 1.38 bits per heavy atom. The Morgan fingerprint density at radius 2 is 2.23 bits per heavy atom. The van der Waals surface area contributed by atoms with Crippen molar-refractivity contribution in [3.05, 3.63) is 40.7 Å². The van der Waals surface area contributed by atoms with E-state index in [9.17, 15) is 4.79 Å². The number of hydrogen-bond acceptors (Lipinski definition) is 4. The van der Waals surface area contributed by atoms with Crippen LogP contribution in [0.2, 0.25) is 5.02 Å². The number of amides is 1. The minimum absolute atomic E-state index is 0.178. The van der Waals surface area contributed by atoms with E-state index in [0.717, 1.165) is 24.6 Å². The summed E-state index contributed by atoms with van der Waals surface area (Å²) >= 11 is 6.01. The fourth-order valence-corrected chi connectivity index (χ4v) is 3.57. The second-order valence-electron chi connectivity index (χ2n) is 7.06. The van der Waals surface area contributed by atoms with Crippen LogP contribution in [0.25, 0.3) is 5.69 Å². The first-order valence-corrected chi connectivity index (χ1v) is 9.61. The van der Waals surface area contributed by atoms with Crippen LogP contribution in [0, 0.1) is 12.8 Å². The fourth-order valence-electron chi connectivity index (χ4n) is 3.38. The van der Waals surface area contributed by atoms with Crippen LogP contribution < -0.4 is 5.32 Å². The lowest BCUT2D eigenvalue weighted by Crippen LogP contribution is -2.36. The summed E-state index contributed by atoms with van der Waals surface area (Å²) in [7, 11) is 0. The van der Waals surface area contributed by atoms with E-state index in [2.05, 4.69) is 27.3 Å². The Morgan fingerprint density at radius 3 is 3.00 bits per heavy atom. The van der Waals surface area contributed by atoms with Crippen molar-refractivity contribution in [3.63, 3.8) is 0 Å². The van der Waals surface area contributed by atoms with Gasteiger partial charge in [-0.25, -0.2) is 0 Å². The Kier molecular flexibility index (Phi) is 6.27. The zero-order valence-corrected chi connectivity index (χ0v) is 16.2. The van der Waals surface area contributed by atoms with E-state index in [-0.39, 0.29) is 5.91 Å². The lowest BCUT2D eigenvalue weighted by molar-refractivity contribution is 0.0944. The molecule has 1 atom stereocenters. The van der Waals surface area contributed by atoms with Gasteiger partial charge < -0.3 is 10.2 Å². The third-order valence-electron chi connectivity index (χ3n) is 4.71. The summed E-state index contributed by atoms with van der Waals surface area (Å²) in [4.78, 5) is 16.4. The largest absolute Gasteiger partial charge is 0.351 e. The monoisotopic (exact) mass is 375 g/mol. The number of halogens is 1. The van der Waals surface area contributed by atoms with Crippen molar-refractivity contribution in [3.8, 4) is 5.69 Å². The number of hydrogen-bond donors (Lipinski definition) is 1. The summed E-state index contributed by atoms with van der Waals surface area (Å²) in [5, 5.41) is 12.2. The summed E-state index contributed by atoms with van der Waals surface area (Å²) in [5.74, 6) is 0.602. The van der Waals surface area contributed by atoms with E-state index < -0.39 is 0 Å². The van der Waals surface area contributed by atoms with E-state index >= 15 is 0 Å². The van der Waals surface area contributed by atoms with Gasteiger partial charge in [-0.15, -0.1) is 5.10 Å². The van der Waals surface area contributed by atoms with Crippen LogP contribution in [0.4, 0.5) is 0 Å². The van der Waals surface area contributed by atoms with Crippen LogP contribution in [-0.2, 0) is 0 Å². The molecule has 0 unspecified atom stereocenters. The number of likely N-dealkylation sites (tertiary alicyclic amines) is 1. The zero-order valence-electron chi connectivity index (χ0n) is 15.4. The molecular weight excluding hydrogens is 350 g/mol. The Hall–Kier alpha value is -1.92. The fraction of sp³-hybridized carbons (Fsp3) is 0.526. The molecule has 2 heterocycles. The number of carbonyl (C=O) groups is 1. The number of carbonyl (C=O) groups excluding carboxylic acids is 1. The molecule has 140 valence electrons. The maximum Gasteiger partial charge on any atom is 0.273 e. The number of nitrogens with zero attached hydrogens (tertiary/aromatic N) is 4. The molecule has 0 aliphatic carbocycles. The third-order valence-corrected chi connectivity index (χ3v) is 4.95. The second-order valence-corrected chi connectivity index (χ2v) is 7.50.